The van der Waals surface area contributed by atoms with Crippen LogP contribution in [0.3, 0.4) is 0 Å². The molecule has 4 heteroatoms. The highest BCUT2D eigenvalue weighted by Gasteiger charge is 2.08. The van der Waals surface area contributed by atoms with Gasteiger partial charge in [-0.15, -0.1) is 0 Å². The number of nitrogens with zero attached hydrogens (tertiary/aromatic N) is 1. The molecule has 1 aliphatic rings. The van der Waals surface area contributed by atoms with Crippen LogP contribution in [0.1, 0.15) is 28.1 Å². The van der Waals surface area contributed by atoms with Gasteiger partial charge in [0.15, 0.2) is 0 Å². The molecule has 4 aromatic heterocycles. The normalized spacial score (nSPS) is 12.3. The number of aryl methyl sites for hydroxylation is 3. The summed E-state index contributed by atoms with van der Waals surface area (Å²) in [4.78, 5) is 15.4. The monoisotopic (exact) mass is 340 g/mol. The molecule has 0 saturated carbocycles. The van der Waals surface area contributed by atoms with Gasteiger partial charge in [0.1, 0.15) is 0 Å². The number of rotatable bonds is 0. The summed E-state index contributed by atoms with van der Waals surface area (Å²) in [7, 11) is 0. The van der Waals surface area contributed by atoms with E-state index in [0.717, 1.165) is 55.6 Å². The van der Waals surface area contributed by atoms with Crippen LogP contribution < -0.4 is 0 Å². The molecule has 128 valence electrons. The van der Waals surface area contributed by atoms with Gasteiger partial charge in [-0.3, -0.25) is 0 Å². The first-order valence-corrected chi connectivity index (χ1v) is 8.84. The zero-order chi connectivity index (χ0) is 17.8. The van der Waals surface area contributed by atoms with Gasteiger partial charge in [-0.05, 0) is 86.0 Å². The van der Waals surface area contributed by atoms with Crippen molar-refractivity contribution in [2.75, 3.05) is 0 Å². The Labute approximate surface area is 151 Å². The van der Waals surface area contributed by atoms with E-state index in [1.807, 2.05) is 0 Å². The Morgan fingerprint density at radius 1 is 0.500 bits per heavy atom. The molecule has 3 N–H and O–H groups in total. The summed E-state index contributed by atoms with van der Waals surface area (Å²) in [6.45, 7) is 6.36. The molecule has 0 unspecified atom stereocenters. The van der Waals surface area contributed by atoms with Gasteiger partial charge in [0, 0.05) is 22.1 Å². The van der Waals surface area contributed by atoms with Gasteiger partial charge in [-0.25, -0.2) is 4.98 Å². The molecule has 4 aromatic rings. The second kappa shape index (κ2) is 5.36. The van der Waals surface area contributed by atoms with Crippen molar-refractivity contribution in [1.29, 1.82) is 0 Å². The quantitative estimate of drug-likeness (QED) is 0.336. The van der Waals surface area contributed by atoms with Crippen LogP contribution in [-0.2, 0) is 0 Å². The third-order valence-corrected chi connectivity index (χ3v) is 5.37. The Balaban J connectivity index is 2.01. The highest BCUT2D eigenvalue weighted by Crippen LogP contribution is 2.24. The third-order valence-electron chi connectivity index (χ3n) is 5.37. The molecule has 0 aromatic carbocycles. The summed E-state index contributed by atoms with van der Waals surface area (Å²) < 4.78 is 0. The molecule has 0 saturated heterocycles. The summed E-state index contributed by atoms with van der Waals surface area (Å²) in [5.41, 5.74) is 12.1. The standard InChI is InChI=1S/C22H20N4/c1-12-15-4-6-17(23-15)13(2)19-8-10-21(25-19)22-11-9-20(26-22)14(3)18-7-5-16(12)24-18/h4-11,23,25-26H,1-3H3. The zero-order valence-corrected chi connectivity index (χ0v) is 15.1. The van der Waals surface area contributed by atoms with E-state index in [4.69, 9.17) is 4.98 Å². The zero-order valence-electron chi connectivity index (χ0n) is 15.1. The number of aromatic nitrogens is 4. The molecule has 4 nitrogen and oxygen atoms in total. The molecule has 5 rings (SSSR count). The maximum absolute atomic E-state index is 4.85. The van der Waals surface area contributed by atoms with E-state index in [1.165, 1.54) is 5.56 Å². The van der Waals surface area contributed by atoms with Crippen molar-refractivity contribution in [1.82, 2.24) is 19.9 Å². The van der Waals surface area contributed by atoms with Gasteiger partial charge in [0.2, 0.25) is 0 Å². The fourth-order valence-corrected chi connectivity index (χ4v) is 3.58. The van der Waals surface area contributed by atoms with E-state index in [0.29, 0.717) is 0 Å². The fourth-order valence-electron chi connectivity index (χ4n) is 3.58. The molecular weight excluding hydrogens is 320 g/mol. The maximum Gasteiger partial charge on any atom is 0.0687 e. The number of fused-ring (bicyclic) bond motifs is 9. The number of hydrogen-bond donors (Lipinski definition) is 3. The van der Waals surface area contributed by atoms with Crippen molar-refractivity contribution in [3.8, 4) is 0 Å². The van der Waals surface area contributed by atoms with E-state index in [9.17, 15) is 0 Å². The van der Waals surface area contributed by atoms with E-state index in [-0.39, 0.29) is 0 Å². The van der Waals surface area contributed by atoms with Gasteiger partial charge in [0.25, 0.3) is 0 Å². The van der Waals surface area contributed by atoms with Crippen LogP contribution in [0.25, 0.3) is 45.3 Å². The minimum atomic E-state index is 1.00. The predicted octanol–water partition coefficient (Wildman–Crippen LogP) is 5.62. The minimum absolute atomic E-state index is 1.00. The highest BCUT2D eigenvalue weighted by molar-refractivity contribution is 5.85. The van der Waals surface area contributed by atoms with E-state index in [2.05, 4.69) is 84.3 Å². The van der Waals surface area contributed by atoms with Crippen molar-refractivity contribution in [2.24, 2.45) is 0 Å². The highest BCUT2D eigenvalue weighted by atomic mass is 14.8. The van der Waals surface area contributed by atoms with Crippen LogP contribution >= 0.6 is 0 Å². The maximum atomic E-state index is 4.85. The van der Waals surface area contributed by atoms with Gasteiger partial charge in [-0.1, -0.05) is 0 Å². The fraction of sp³-hybridized carbons (Fsp3) is 0.136. The summed E-state index contributed by atoms with van der Waals surface area (Å²) in [5, 5.41) is 0. The topological polar surface area (TPSA) is 60.3 Å². The Morgan fingerprint density at radius 3 is 1.31 bits per heavy atom. The average molecular weight is 340 g/mol. The summed E-state index contributed by atoms with van der Waals surface area (Å²) in [6, 6.07) is 12.8. The van der Waals surface area contributed by atoms with Crippen LogP contribution in [0.5, 0.6) is 0 Å². The van der Waals surface area contributed by atoms with Crippen molar-refractivity contribution in [3.63, 3.8) is 0 Å². The lowest BCUT2D eigenvalue weighted by Gasteiger charge is -1.95. The van der Waals surface area contributed by atoms with Crippen LogP contribution in [0.4, 0.5) is 0 Å². The smallest absolute Gasteiger partial charge is 0.0687 e. The van der Waals surface area contributed by atoms with Crippen molar-refractivity contribution in [2.45, 2.75) is 20.8 Å². The second-order valence-electron chi connectivity index (χ2n) is 6.95. The molecule has 5 heterocycles. The van der Waals surface area contributed by atoms with Gasteiger partial charge in [-0.2, -0.15) is 0 Å². The molecule has 8 bridgehead atoms. The number of hydrogen-bond acceptors (Lipinski definition) is 1. The minimum Gasteiger partial charge on any atom is -0.355 e. The molecule has 0 atom stereocenters. The molecule has 1 aliphatic heterocycles. The van der Waals surface area contributed by atoms with Crippen LogP contribution in [-0.4, -0.2) is 19.9 Å². The molecule has 0 radical (unpaired) electrons. The van der Waals surface area contributed by atoms with Crippen LogP contribution in [0.15, 0.2) is 36.4 Å². The third kappa shape index (κ3) is 2.19. The Bertz CT molecular complexity index is 1310. The molecule has 0 amide bonds. The van der Waals surface area contributed by atoms with Crippen LogP contribution in [0.2, 0.25) is 0 Å². The second-order valence-corrected chi connectivity index (χ2v) is 6.95. The first-order valence-electron chi connectivity index (χ1n) is 8.84. The average Bonchev–Trinajstić information content (AvgIpc) is 3.45. The molecule has 26 heavy (non-hydrogen) atoms. The number of H-pyrrole nitrogens is 3. The van der Waals surface area contributed by atoms with Crippen molar-refractivity contribution >= 4 is 45.3 Å². The summed E-state index contributed by atoms with van der Waals surface area (Å²) in [5.74, 6) is 0. The Morgan fingerprint density at radius 2 is 0.846 bits per heavy atom. The molecule has 0 spiro atoms. The van der Waals surface area contributed by atoms with E-state index in [1.54, 1.807) is 0 Å². The summed E-state index contributed by atoms with van der Waals surface area (Å²) >= 11 is 0. The van der Waals surface area contributed by atoms with Crippen LogP contribution in [0, 0.1) is 20.8 Å². The molecular formula is C22H20N4. The SMILES string of the molecule is Cc1c2nc(c(C)c3ccc([nH]3)c3ccc([nH]3)c(C)c3ccc1[nH]3)C=C2. The van der Waals surface area contributed by atoms with Gasteiger partial charge in [0.05, 0.1) is 22.4 Å². The Kier molecular flexibility index (Phi) is 3.10. The lowest BCUT2D eigenvalue weighted by atomic mass is 10.2. The lowest BCUT2D eigenvalue weighted by molar-refractivity contribution is 1.24. The largest absolute Gasteiger partial charge is 0.355 e. The van der Waals surface area contributed by atoms with Gasteiger partial charge < -0.3 is 15.0 Å². The molecule has 0 fully saturated rings. The van der Waals surface area contributed by atoms with E-state index >= 15 is 0 Å². The Hall–Kier alpha value is -3.27. The van der Waals surface area contributed by atoms with E-state index < -0.39 is 0 Å². The number of aromatic amines is 3. The van der Waals surface area contributed by atoms with Gasteiger partial charge >= 0.3 is 0 Å². The first-order chi connectivity index (χ1) is 12.6. The predicted molar refractivity (Wildman–Crippen MR) is 109 cm³/mol. The lowest BCUT2D eigenvalue weighted by Crippen LogP contribution is -1.84. The molecule has 0 aliphatic carbocycles. The number of nitrogens with one attached hydrogen (secondary N) is 3. The van der Waals surface area contributed by atoms with Crippen molar-refractivity contribution in [3.05, 3.63) is 64.5 Å². The van der Waals surface area contributed by atoms with Crippen molar-refractivity contribution < 1.29 is 0 Å². The first kappa shape index (κ1) is 15.0. The summed E-state index contributed by atoms with van der Waals surface area (Å²) in [6.07, 6.45) is 4.19.